The Kier molecular flexibility index (Phi) is 6.03. The first-order chi connectivity index (χ1) is 11.5. The SMILES string of the molecule is CCOC(=O)Cc1c(F)c(N(CC)c2ccccn2)nc(F)c1Cl. The minimum absolute atomic E-state index is 0.132. The first-order valence-corrected chi connectivity index (χ1v) is 7.74. The van der Waals surface area contributed by atoms with E-state index in [9.17, 15) is 13.6 Å². The Balaban J connectivity index is 2.50. The molecule has 0 aliphatic rings. The van der Waals surface area contributed by atoms with Crippen LogP contribution in [0.5, 0.6) is 0 Å². The number of rotatable bonds is 6. The van der Waals surface area contributed by atoms with E-state index in [1.54, 1.807) is 32.0 Å². The van der Waals surface area contributed by atoms with Gasteiger partial charge in [-0.3, -0.25) is 4.79 Å². The monoisotopic (exact) mass is 355 g/mol. The summed E-state index contributed by atoms with van der Waals surface area (Å²) in [6, 6.07) is 5.06. The number of esters is 1. The van der Waals surface area contributed by atoms with Crippen molar-refractivity contribution in [2.45, 2.75) is 20.3 Å². The molecule has 0 saturated heterocycles. The van der Waals surface area contributed by atoms with Crippen LogP contribution in [0.25, 0.3) is 0 Å². The molecule has 5 nitrogen and oxygen atoms in total. The fourth-order valence-corrected chi connectivity index (χ4v) is 2.36. The molecule has 2 aromatic heterocycles. The number of aromatic nitrogens is 2. The Morgan fingerprint density at radius 2 is 2.08 bits per heavy atom. The van der Waals surface area contributed by atoms with Crippen LogP contribution in [-0.4, -0.2) is 29.1 Å². The van der Waals surface area contributed by atoms with Crippen LogP contribution in [0.15, 0.2) is 24.4 Å². The van der Waals surface area contributed by atoms with Crippen molar-refractivity contribution < 1.29 is 18.3 Å². The molecule has 0 spiro atoms. The normalized spacial score (nSPS) is 10.5. The fourth-order valence-electron chi connectivity index (χ4n) is 2.17. The van der Waals surface area contributed by atoms with Crippen LogP contribution in [0.1, 0.15) is 19.4 Å². The smallest absolute Gasteiger partial charge is 0.310 e. The highest BCUT2D eigenvalue weighted by Crippen LogP contribution is 2.31. The van der Waals surface area contributed by atoms with Crippen molar-refractivity contribution in [1.29, 1.82) is 0 Å². The molecule has 0 saturated carbocycles. The molecule has 0 amide bonds. The van der Waals surface area contributed by atoms with Crippen LogP contribution < -0.4 is 4.90 Å². The maximum Gasteiger partial charge on any atom is 0.310 e. The largest absolute Gasteiger partial charge is 0.466 e. The summed E-state index contributed by atoms with van der Waals surface area (Å²) in [5, 5.41) is -0.527. The molecule has 24 heavy (non-hydrogen) atoms. The van der Waals surface area contributed by atoms with Crippen LogP contribution >= 0.6 is 11.6 Å². The summed E-state index contributed by atoms with van der Waals surface area (Å²) in [6.07, 6.45) is 1.05. The predicted molar refractivity (Wildman–Crippen MR) is 86.4 cm³/mol. The van der Waals surface area contributed by atoms with E-state index in [4.69, 9.17) is 16.3 Å². The van der Waals surface area contributed by atoms with Gasteiger partial charge in [0.2, 0.25) is 5.95 Å². The Bertz CT molecular complexity index is 729. The van der Waals surface area contributed by atoms with Gasteiger partial charge < -0.3 is 9.64 Å². The molecule has 0 aliphatic carbocycles. The maximum atomic E-state index is 14.8. The Morgan fingerprint density at radius 3 is 2.67 bits per heavy atom. The van der Waals surface area contributed by atoms with Crippen LogP contribution in [0, 0.1) is 11.8 Å². The summed E-state index contributed by atoms with van der Waals surface area (Å²) in [6.45, 7) is 3.79. The van der Waals surface area contributed by atoms with Gasteiger partial charge in [-0.25, -0.2) is 9.37 Å². The minimum atomic E-state index is -1.05. The molecule has 2 rings (SSSR count). The molecule has 0 bridgehead atoms. The van der Waals surface area contributed by atoms with E-state index in [2.05, 4.69) is 9.97 Å². The summed E-state index contributed by atoms with van der Waals surface area (Å²) in [5.74, 6) is -2.51. The molecule has 0 aliphatic heterocycles. The van der Waals surface area contributed by atoms with Crippen molar-refractivity contribution in [3.05, 3.63) is 46.7 Å². The molecule has 0 atom stereocenters. The zero-order valence-corrected chi connectivity index (χ0v) is 14.0. The Morgan fingerprint density at radius 1 is 1.33 bits per heavy atom. The van der Waals surface area contributed by atoms with Crippen molar-refractivity contribution in [2.24, 2.45) is 0 Å². The number of hydrogen-bond donors (Lipinski definition) is 0. The third kappa shape index (κ3) is 3.79. The predicted octanol–water partition coefficient (Wildman–Crippen LogP) is 3.67. The third-order valence-electron chi connectivity index (χ3n) is 3.24. The molecule has 0 N–H and O–H groups in total. The molecule has 0 radical (unpaired) electrons. The van der Waals surface area contributed by atoms with Gasteiger partial charge >= 0.3 is 5.97 Å². The van der Waals surface area contributed by atoms with Crippen molar-refractivity contribution in [3.8, 4) is 0 Å². The lowest BCUT2D eigenvalue weighted by Gasteiger charge is -2.22. The Hall–Kier alpha value is -2.28. The van der Waals surface area contributed by atoms with E-state index in [1.165, 1.54) is 11.1 Å². The average Bonchev–Trinajstić information content (AvgIpc) is 2.58. The number of pyridine rings is 2. The van der Waals surface area contributed by atoms with Gasteiger partial charge in [0.05, 0.1) is 13.0 Å². The minimum Gasteiger partial charge on any atom is -0.466 e. The van der Waals surface area contributed by atoms with Gasteiger partial charge in [-0.1, -0.05) is 17.7 Å². The van der Waals surface area contributed by atoms with Gasteiger partial charge in [0.1, 0.15) is 10.8 Å². The second-order valence-corrected chi connectivity index (χ2v) is 5.12. The van der Waals surface area contributed by atoms with Gasteiger partial charge in [-0.15, -0.1) is 0 Å². The lowest BCUT2D eigenvalue weighted by atomic mass is 10.1. The summed E-state index contributed by atoms with van der Waals surface area (Å²) >= 11 is 5.79. The van der Waals surface area contributed by atoms with Crippen molar-refractivity contribution in [3.63, 3.8) is 0 Å². The first-order valence-electron chi connectivity index (χ1n) is 7.37. The lowest BCUT2D eigenvalue weighted by molar-refractivity contribution is -0.142. The number of nitrogens with zero attached hydrogens (tertiary/aromatic N) is 3. The number of ether oxygens (including phenoxy) is 1. The topological polar surface area (TPSA) is 55.3 Å². The van der Waals surface area contributed by atoms with Gasteiger partial charge in [-0.05, 0) is 26.0 Å². The van der Waals surface area contributed by atoms with Gasteiger partial charge in [0.25, 0.3) is 0 Å². The summed E-state index contributed by atoms with van der Waals surface area (Å²) in [4.78, 5) is 20.7. The molecule has 128 valence electrons. The van der Waals surface area contributed by atoms with E-state index in [-0.39, 0.29) is 18.0 Å². The van der Waals surface area contributed by atoms with Crippen LogP contribution in [0.4, 0.5) is 20.4 Å². The van der Waals surface area contributed by atoms with Crippen LogP contribution in [0.3, 0.4) is 0 Å². The lowest BCUT2D eigenvalue weighted by Crippen LogP contribution is -2.22. The van der Waals surface area contributed by atoms with Gasteiger partial charge in [-0.2, -0.15) is 9.37 Å². The zero-order valence-electron chi connectivity index (χ0n) is 13.2. The van der Waals surface area contributed by atoms with E-state index in [1.807, 2.05) is 0 Å². The molecule has 0 fully saturated rings. The maximum absolute atomic E-state index is 14.8. The van der Waals surface area contributed by atoms with Gasteiger partial charge in [0.15, 0.2) is 11.6 Å². The van der Waals surface area contributed by atoms with Crippen LogP contribution in [0.2, 0.25) is 5.02 Å². The molecular weight excluding hydrogens is 340 g/mol. The van der Waals surface area contributed by atoms with Crippen LogP contribution in [-0.2, 0) is 16.0 Å². The third-order valence-corrected chi connectivity index (χ3v) is 3.62. The molecule has 0 aromatic carbocycles. The standard InChI is InChI=1S/C16H16ClF2N3O2/c1-3-22(11-7-5-6-8-20-11)16-14(18)10(9-12(23)24-4-2)13(17)15(19)21-16/h5-8H,3-4,9H2,1-2H3. The van der Waals surface area contributed by atoms with Crippen molar-refractivity contribution in [1.82, 2.24) is 9.97 Å². The van der Waals surface area contributed by atoms with Crippen molar-refractivity contribution >= 4 is 29.2 Å². The first kappa shape index (κ1) is 18.1. The number of anilines is 2. The summed E-state index contributed by atoms with van der Waals surface area (Å²) in [5.41, 5.74) is -0.285. The van der Waals surface area contributed by atoms with E-state index in [0.717, 1.165) is 0 Å². The quantitative estimate of drug-likeness (QED) is 0.584. The molecular formula is C16H16ClF2N3O2. The van der Waals surface area contributed by atoms with Crippen molar-refractivity contribution in [2.75, 3.05) is 18.1 Å². The summed E-state index contributed by atoms with van der Waals surface area (Å²) in [7, 11) is 0. The highest BCUT2D eigenvalue weighted by Gasteiger charge is 2.25. The number of carbonyl (C=O) groups is 1. The highest BCUT2D eigenvalue weighted by molar-refractivity contribution is 6.31. The fraction of sp³-hybridized carbons (Fsp3) is 0.312. The average molecular weight is 356 g/mol. The second kappa shape index (κ2) is 8.01. The van der Waals surface area contributed by atoms with E-state index in [0.29, 0.717) is 12.4 Å². The van der Waals surface area contributed by atoms with E-state index >= 15 is 0 Å². The van der Waals surface area contributed by atoms with Gasteiger partial charge in [0, 0.05) is 18.3 Å². The number of hydrogen-bond acceptors (Lipinski definition) is 5. The highest BCUT2D eigenvalue weighted by atomic mass is 35.5. The molecule has 2 heterocycles. The number of halogens is 3. The summed E-state index contributed by atoms with van der Waals surface area (Å²) < 4.78 is 33.7. The number of carbonyl (C=O) groups excluding carboxylic acids is 1. The second-order valence-electron chi connectivity index (χ2n) is 4.75. The zero-order chi connectivity index (χ0) is 17.7. The van der Waals surface area contributed by atoms with E-state index < -0.39 is 29.2 Å². The molecule has 0 unspecified atom stereocenters. The molecule has 8 heteroatoms. The Labute approximate surface area is 143 Å². The molecule has 2 aromatic rings.